The van der Waals surface area contributed by atoms with E-state index >= 15 is 0 Å². The van der Waals surface area contributed by atoms with Crippen LogP contribution in [0.4, 0.5) is 10.1 Å². The number of carbonyl (C=O) groups is 2. The molecule has 1 aliphatic rings. The van der Waals surface area contributed by atoms with Crippen LogP contribution in [-0.2, 0) is 16.1 Å². The number of carbonyl (C=O) groups excluding carboxylic acids is 2. The molecule has 0 radical (unpaired) electrons. The number of para-hydroxylation sites is 1. The van der Waals surface area contributed by atoms with Crippen LogP contribution in [0.5, 0.6) is 0 Å². The van der Waals surface area contributed by atoms with E-state index in [1.54, 1.807) is 12.1 Å². The second kappa shape index (κ2) is 7.72. The van der Waals surface area contributed by atoms with Gasteiger partial charge < -0.3 is 5.32 Å². The van der Waals surface area contributed by atoms with Crippen molar-refractivity contribution < 1.29 is 14.0 Å². The zero-order valence-electron chi connectivity index (χ0n) is 15.9. The number of aryl methyl sites for hydroxylation is 1. The number of nitrogens with one attached hydrogen (secondary N) is 1. The molecule has 0 spiro atoms. The molecule has 2 amide bonds. The number of imide groups is 1. The Morgan fingerprint density at radius 3 is 2.14 bits per heavy atom. The Hall–Kier alpha value is -3.73. The number of rotatable bonds is 5. The van der Waals surface area contributed by atoms with Crippen LogP contribution in [0.2, 0.25) is 0 Å². The van der Waals surface area contributed by atoms with Crippen molar-refractivity contribution in [3.63, 3.8) is 0 Å². The highest BCUT2D eigenvalue weighted by Gasteiger charge is 2.39. The number of halogens is 1. The quantitative estimate of drug-likeness (QED) is 0.656. The topological polar surface area (TPSA) is 49.4 Å². The van der Waals surface area contributed by atoms with E-state index in [1.807, 2.05) is 61.5 Å². The van der Waals surface area contributed by atoms with Crippen molar-refractivity contribution in [3.8, 4) is 0 Å². The van der Waals surface area contributed by atoms with Crippen LogP contribution in [0.25, 0.3) is 5.57 Å². The van der Waals surface area contributed by atoms with Crippen LogP contribution in [0.3, 0.4) is 0 Å². The average molecular weight is 386 g/mol. The fourth-order valence-corrected chi connectivity index (χ4v) is 3.26. The molecular weight excluding hydrogens is 367 g/mol. The van der Waals surface area contributed by atoms with Gasteiger partial charge in [-0.3, -0.25) is 14.5 Å². The van der Waals surface area contributed by atoms with Gasteiger partial charge in [-0.05, 0) is 42.3 Å². The standard InChI is InChI=1S/C24H19FN2O2/c1-16-7-11-18(12-8-16)21-22(26-20-5-3-2-4-6-20)24(29)27(23(21)28)15-17-9-13-19(25)14-10-17/h2-14,26H,15H2,1H3. The van der Waals surface area contributed by atoms with Gasteiger partial charge in [0.2, 0.25) is 0 Å². The summed E-state index contributed by atoms with van der Waals surface area (Å²) in [5, 5.41) is 3.12. The monoisotopic (exact) mass is 386 g/mol. The molecule has 0 fully saturated rings. The Bertz CT molecular complexity index is 1090. The molecule has 1 aliphatic heterocycles. The molecule has 0 aliphatic carbocycles. The van der Waals surface area contributed by atoms with Gasteiger partial charge in [-0.1, -0.05) is 60.2 Å². The normalized spacial score (nSPS) is 13.9. The molecule has 0 saturated heterocycles. The van der Waals surface area contributed by atoms with Crippen molar-refractivity contribution in [3.05, 3.63) is 107 Å². The van der Waals surface area contributed by atoms with E-state index in [0.717, 1.165) is 11.3 Å². The highest BCUT2D eigenvalue weighted by Crippen LogP contribution is 2.31. The number of benzene rings is 3. The van der Waals surface area contributed by atoms with E-state index in [9.17, 15) is 14.0 Å². The second-order valence-electron chi connectivity index (χ2n) is 6.93. The van der Waals surface area contributed by atoms with Crippen LogP contribution in [0.1, 0.15) is 16.7 Å². The summed E-state index contributed by atoms with van der Waals surface area (Å²) in [7, 11) is 0. The fraction of sp³-hybridized carbons (Fsp3) is 0.0833. The van der Waals surface area contributed by atoms with Gasteiger partial charge in [-0.2, -0.15) is 0 Å². The highest BCUT2D eigenvalue weighted by molar-refractivity contribution is 6.36. The molecule has 4 nitrogen and oxygen atoms in total. The van der Waals surface area contributed by atoms with Crippen molar-refractivity contribution in [1.29, 1.82) is 0 Å². The summed E-state index contributed by atoms with van der Waals surface area (Å²) in [6.45, 7) is 2.04. The predicted molar refractivity (Wildman–Crippen MR) is 110 cm³/mol. The van der Waals surface area contributed by atoms with Crippen LogP contribution < -0.4 is 5.32 Å². The van der Waals surface area contributed by atoms with Gasteiger partial charge in [0.15, 0.2) is 0 Å². The summed E-state index contributed by atoms with van der Waals surface area (Å²) < 4.78 is 13.2. The molecule has 3 aromatic carbocycles. The number of anilines is 1. The van der Waals surface area contributed by atoms with Crippen molar-refractivity contribution in [1.82, 2.24) is 4.90 Å². The van der Waals surface area contributed by atoms with Gasteiger partial charge in [0.05, 0.1) is 12.1 Å². The van der Waals surface area contributed by atoms with E-state index in [4.69, 9.17) is 0 Å². The van der Waals surface area contributed by atoms with E-state index in [-0.39, 0.29) is 24.0 Å². The molecule has 4 rings (SSSR count). The molecule has 0 aromatic heterocycles. The van der Waals surface area contributed by atoms with Crippen molar-refractivity contribution in [2.75, 3.05) is 5.32 Å². The third-order valence-electron chi connectivity index (χ3n) is 4.81. The minimum Gasteiger partial charge on any atom is -0.350 e. The predicted octanol–water partition coefficient (Wildman–Crippen LogP) is 4.53. The Morgan fingerprint density at radius 2 is 1.48 bits per heavy atom. The number of nitrogens with zero attached hydrogens (tertiary/aromatic N) is 1. The molecule has 0 unspecified atom stereocenters. The fourth-order valence-electron chi connectivity index (χ4n) is 3.26. The van der Waals surface area contributed by atoms with Gasteiger partial charge in [-0.25, -0.2) is 4.39 Å². The SMILES string of the molecule is Cc1ccc(C2=C(Nc3ccccc3)C(=O)N(Cc3ccc(F)cc3)C2=O)cc1. The number of hydrogen-bond donors (Lipinski definition) is 1. The Kier molecular flexibility index (Phi) is 4.96. The van der Waals surface area contributed by atoms with Gasteiger partial charge in [0, 0.05) is 5.69 Å². The maximum Gasteiger partial charge on any atom is 0.278 e. The first-order valence-electron chi connectivity index (χ1n) is 9.27. The van der Waals surface area contributed by atoms with Crippen molar-refractivity contribution in [2.45, 2.75) is 13.5 Å². The maximum absolute atomic E-state index is 13.2. The van der Waals surface area contributed by atoms with Crippen molar-refractivity contribution >= 4 is 23.1 Å². The molecule has 1 N–H and O–H groups in total. The van der Waals surface area contributed by atoms with Crippen LogP contribution in [0, 0.1) is 12.7 Å². The molecule has 0 atom stereocenters. The largest absolute Gasteiger partial charge is 0.350 e. The summed E-state index contributed by atoms with van der Waals surface area (Å²) in [4.78, 5) is 27.5. The molecule has 144 valence electrons. The lowest BCUT2D eigenvalue weighted by Crippen LogP contribution is -2.32. The average Bonchev–Trinajstić information content (AvgIpc) is 2.95. The molecule has 3 aromatic rings. The highest BCUT2D eigenvalue weighted by atomic mass is 19.1. The summed E-state index contributed by atoms with van der Waals surface area (Å²) in [6, 6.07) is 22.5. The van der Waals surface area contributed by atoms with E-state index in [0.29, 0.717) is 16.7 Å². The molecule has 1 heterocycles. The van der Waals surface area contributed by atoms with Gasteiger partial charge in [0.25, 0.3) is 11.8 Å². The Labute approximate surface area is 168 Å². The smallest absolute Gasteiger partial charge is 0.278 e. The molecule has 0 saturated carbocycles. The lowest BCUT2D eigenvalue weighted by Gasteiger charge is -2.15. The first kappa shape index (κ1) is 18.6. The molecule has 29 heavy (non-hydrogen) atoms. The maximum atomic E-state index is 13.2. The van der Waals surface area contributed by atoms with Gasteiger partial charge >= 0.3 is 0 Å². The number of amides is 2. The lowest BCUT2D eigenvalue weighted by atomic mass is 10.0. The van der Waals surface area contributed by atoms with E-state index in [1.165, 1.54) is 17.0 Å². The van der Waals surface area contributed by atoms with Crippen LogP contribution in [-0.4, -0.2) is 16.7 Å². The van der Waals surface area contributed by atoms with Crippen LogP contribution >= 0.6 is 0 Å². The summed E-state index contributed by atoms with van der Waals surface area (Å²) in [5.74, 6) is -1.14. The summed E-state index contributed by atoms with van der Waals surface area (Å²) in [6.07, 6.45) is 0. The summed E-state index contributed by atoms with van der Waals surface area (Å²) >= 11 is 0. The van der Waals surface area contributed by atoms with E-state index in [2.05, 4.69) is 5.32 Å². The zero-order valence-corrected chi connectivity index (χ0v) is 15.9. The van der Waals surface area contributed by atoms with E-state index < -0.39 is 5.91 Å². The second-order valence-corrected chi connectivity index (χ2v) is 6.93. The van der Waals surface area contributed by atoms with Gasteiger partial charge in [-0.15, -0.1) is 0 Å². The third-order valence-corrected chi connectivity index (χ3v) is 4.81. The number of hydrogen-bond acceptors (Lipinski definition) is 3. The third kappa shape index (κ3) is 3.80. The minimum absolute atomic E-state index is 0.0767. The Morgan fingerprint density at radius 1 is 0.828 bits per heavy atom. The first-order valence-corrected chi connectivity index (χ1v) is 9.27. The summed E-state index contributed by atoms with van der Waals surface area (Å²) in [5.41, 5.74) is 3.71. The molecular formula is C24H19FN2O2. The molecule has 0 bridgehead atoms. The lowest BCUT2D eigenvalue weighted by molar-refractivity contribution is -0.137. The van der Waals surface area contributed by atoms with Crippen molar-refractivity contribution in [2.24, 2.45) is 0 Å². The minimum atomic E-state index is -0.404. The van der Waals surface area contributed by atoms with Gasteiger partial charge in [0.1, 0.15) is 11.5 Å². The van der Waals surface area contributed by atoms with Crippen LogP contribution in [0.15, 0.2) is 84.6 Å². The molecule has 5 heteroatoms. The zero-order chi connectivity index (χ0) is 20.4. The Balaban J connectivity index is 1.72. The first-order chi connectivity index (χ1) is 14.0.